The maximum absolute atomic E-state index is 2.44. The van der Waals surface area contributed by atoms with Crippen LogP contribution in [0.2, 0.25) is 0 Å². The van der Waals surface area contributed by atoms with Gasteiger partial charge in [0.15, 0.2) is 0 Å². The number of nitrogens with zero attached hydrogens (tertiary/aromatic N) is 2. The molecule has 1 heterocycles. The largest absolute Gasteiger partial charge is 0.310 e. The Morgan fingerprint density at radius 2 is 0.857 bits per heavy atom. The van der Waals surface area contributed by atoms with Crippen molar-refractivity contribution in [3.05, 3.63) is 218 Å². The van der Waals surface area contributed by atoms with Crippen LogP contribution in [0.25, 0.3) is 82.1 Å². The Hall–Kier alpha value is -7.42. The van der Waals surface area contributed by atoms with Crippen molar-refractivity contribution < 1.29 is 0 Å². The van der Waals surface area contributed by atoms with Gasteiger partial charge in [0.05, 0.1) is 16.7 Å². The molecule has 11 aromatic rings. The third-order valence-corrected chi connectivity index (χ3v) is 11.3. The molecule has 56 heavy (non-hydrogen) atoms. The molecule has 11 rings (SSSR count). The summed E-state index contributed by atoms with van der Waals surface area (Å²) < 4.78 is 2.44. The lowest BCUT2D eigenvalue weighted by Gasteiger charge is -2.28. The van der Waals surface area contributed by atoms with Crippen molar-refractivity contribution in [1.29, 1.82) is 0 Å². The lowest BCUT2D eigenvalue weighted by atomic mass is 9.96. The fraction of sp³-hybridized carbons (Fsp3) is 0. The van der Waals surface area contributed by atoms with Crippen molar-refractivity contribution in [2.75, 3.05) is 4.90 Å². The molecule has 0 saturated heterocycles. The molecule has 0 radical (unpaired) electrons. The molecular weight excluding hydrogens is 677 g/mol. The van der Waals surface area contributed by atoms with E-state index in [-0.39, 0.29) is 0 Å². The van der Waals surface area contributed by atoms with Crippen LogP contribution in [0, 0.1) is 0 Å². The number of aromatic nitrogens is 1. The SMILES string of the molecule is c1ccc(-c2ccc(N(c3ccc(-n4c5ccccc5c5ccc6ccccc6c54)cc3)c3cc(-c4ccc5ccccc5c4)cc4ccccc34)cc2)cc1. The number of fused-ring (bicyclic) bond motifs is 7. The first-order valence-corrected chi connectivity index (χ1v) is 19.3. The molecule has 0 unspecified atom stereocenters. The van der Waals surface area contributed by atoms with Crippen LogP contribution in [0.1, 0.15) is 0 Å². The van der Waals surface area contributed by atoms with E-state index < -0.39 is 0 Å². The van der Waals surface area contributed by atoms with Crippen LogP contribution in [0.15, 0.2) is 218 Å². The van der Waals surface area contributed by atoms with E-state index in [0.29, 0.717) is 0 Å². The second-order valence-electron chi connectivity index (χ2n) is 14.6. The highest BCUT2D eigenvalue weighted by Gasteiger charge is 2.19. The Morgan fingerprint density at radius 1 is 0.304 bits per heavy atom. The summed E-state index contributed by atoms with van der Waals surface area (Å²) in [6.45, 7) is 0. The first-order valence-electron chi connectivity index (χ1n) is 19.3. The predicted molar refractivity (Wildman–Crippen MR) is 239 cm³/mol. The first kappa shape index (κ1) is 32.0. The number of rotatable bonds is 6. The molecule has 10 aromatic carbocycles. The van der Waals surface area contributed by atoms with Crippen molar-refractivity contribution in [3.8, 4) is 27.9 Å². The molecule has 0 bridgehead atoms. The fourth-order valence-electron chi connectivity index (χ4n) is 8.62. The third-order valence-electron chi connectivity index (χ3n) is 11.3. The van der Waals surface area contributed by atoms with Gasteiger partial charge in [0.25, 0.3) is 0 Å². The summed E-state index contributed by atoms with van der Waals surface area (Å²) >= 11 is 0. The molecule has 2 nitrogen and oxygen atoms in total. The second-order valence-corrected chi connectivity index (χ2v) is 14.6. The smallest absolute Gasteiger partial charge is 0.0619 e. The van der Waals surface area contributed by atoms with Crippen LogP contribution in [0.4, 0.5) is 17.1 Å². The van der Waals surface area contributed by atoms with E-state index in [9.17, 15) is 0 Å². The molecule has 0 aliphatic heterocycles. The molecule has 0 aliphatic carbocycles. The molecule has 262 valence electrons. The summed E-state index contributed by atoms with van der Waals surface area (Å²) in [5.74, 6) is 0. The summed E-state index contributed by atoms with van der Waals surface area (Å²) in [4.78, 5) is 2.42. The summed E-state index contributed by atoms with van der Waals surface area (Å²) in [5.41, 5.74) is 11.7. The van der Waals surface area contributed by atoms with Gasteiger partial charge >= 0.3 is 0 Å². The maximum Gasteiger partial charge on any atom is 0.0619 e. The van der Waals surface area contributed by atoms with Crippen LogP contribution in [0.5, 0.6) is 0 Å². The van der Waals surface area contributed by atoms with Crippen molar-refractivity contribution in [2.45, 2.75) is 0 Å². The van der Waals surface area contributed by atoms with Gasteiger partial charge in [-0.15, -0.1) is 0 Å². The lowest BCUT2D eigenvalue weighted by Crippen LogP contribution is -2.11. The van der Waals surface area contributed by atoms with Crippen LogP contribution >= 0.6 is 0 Å². The molecule has 2 heteroatoms. The highest BCUT2D eigenvalue weighted by molar-refractivity contribution is 6.18. The summed E-state index contributed by atoms with van der Waals surface area (Å²) in [7, 11) is 0. The number of hydrogen-bond acceptors (Lipinski definition) is 1. The van der Waals surface area contributed by atoms with Gasteiger partial charge < -0.3 is 9.47 Å². The Bertz CT molecular complexity index is 3230. The number of hydrogen-bond donors (Lipinski definition) is 0. The van der Waals surface area contributed by atoms with Crippen LogP contribution in [-0.4, -0.2) is 4.57 Å². The second kappa shape index (κ2) is 13.2. The Kier molecular flexibility index (Phi) is 7.53. The number of para-hydroxylation sites is 1. The third kappa shape index (κ3) is 5.34. The van der Waals surface area contributed by atoms with Crippen molar-refractivity contribution in [3.63, 3.8) is 0 Å². The van der Waals surface area contributed by atoms with Crippen molar-refractivity contribution in [2.24, 2.45) is 0 Å². The Labute approximate surface area is 325 Å². The van der Waals surface area contributed by atoms with Gasteiger partial charge in [0.1, 0.15) is 0 Å². The average Bonchev–Trinajstić information content (AvgIpc) is 3.62. The van der Waals surface area contributed by atoms with Gasteiger partial charge in [0, 0.05) is 38.6 Å². The number of benzene rings is 10. The van der Waals surface area contributed by atoms with E-state index in [0.717, 1.165) is 22.7 Å². The molecule has 0 N–H and O–H groups in total. The Morgan fingerprint density at radius 3 is 1.64 bits per heavy atom. The van der Waals surface area contributed by atoms with E-state index >= 15 is 0 Å². The standard InChI is InChI=1S/C54H36N2/c1-2-12-37(13-3-1)39-24-27-45(28-25-39)55(53-36-44(35-43-17-7-8-18-48(43)53)42-23-22-38-14-4-5-16-41(38)34-42)46-29-31-47(32-30-46)56-52-21-11-10-20-50(52)51-33-26-40-15-6-9-19-49(40)54(51)56/h1-36H. The summed E-state index contributed by atoms with van der Waals surface area (Å²) in [6.07, 6.45) is 0. The first-order chi connectivity index (χ1) is 27.8. The zero-order valence-electron chi connectivity index (χ0n) is 30.7. The quantitative estimate of drug-likeness (QED) is 0.167. The van der Waals surface area contributed by atoms with Gasteiger partial charge in [-0.05, 0) is 104 Å². The van der Waals surface area contributed by atoms with Crippen LogP contribution < -0.4 is 4.90 Å². The molecule has 1 aromatic heterocycles. The highest BCUT2D eigenvalue weighted by atomic mass is 15.1. The topological polar surface area (TPSA) is 8.17 Å². The van der Waals surface area contributed by atoms with Gasteiger partial charge in [0.2, 0.25) is 0 Å². The van der Waals surface area contributed by atoms with E-state index in [1.165, 1.54) is 76.4 Å². The zero-order chi connectivity index (χ0) is 37.0. The number of anilines is 3. The lowest BCUT2D eigenvalue weighted by molar-refractivity contribution is 1.18. The van der Waals surface area contributed by atoms with Crippen molar-refractivity contribution in [1.82, 2.24) is 4.57 Å². The minimum absolute atomic E-state index is 1.09. The molecule has 0 saturated carbocycles. The van der Waals surface area contributed by atoms with Gasteiger partial charge in [-0.2, -0.15) is 0 Å². The minimum atomic E-state index is 1.09. The summed E-state index contributed by atoms with van der Waals surface area (Å²) in [6, 6.07) is 79.6. The average molecular weight is 713 g/mol. The fourth-order valence-corrected chi connectivity index (χ4v) is 8.62. The molecular formula is C54H36N2. The highest BCUT2D eigenvalue weighted by Crippen LogP contribution is 2.43. The van der Waals surface area contributed by atoms with Gasteiger partial charge in [-0.1, -0.05) is 158 Å². The normalized spacial score (nSPS) is 11.6. The van der Waals surface area contributed by atoms with Crippen LogP contribution in [-0.2, 0) is 0 Å². The molecule has 0 amide bonds. The van der Waals surface area contributed by atoms with E-state index in [1.54, 1.807) is 0 Å². The van der Waals surface area contributed by atoms with Gasteiger partial charge in [-0.25, -0.2) is 0 Å². The van der Waals surface area contributed by atoms with Crippen LogP contribution in [0.3, 0.4) is 0 Å². The predicted octanol–water partition coefficient (Wildman–Crippen LogP) is 15.0. The maximum atomic E-state index is 2.44. The zero-order valence-corrected chi connectivity index (χ0v) is 30.7. The molecule has 0 spiro atoms. The van der Waals surface area contributed by atoms with E-state index in [1.807, 2.05) is 0 Å². The van der Waals surface area contributed by atoms with E-state index in [4.69, 9.17) is 0 Å². The van der Waals surface area contributed by atoms with Gasteiger partial charge in [-0.3, -0.25) is 0 Å². The monoisotopic (exact) mass is 712 g/mol. The summed E-state index contributed by atoms with van der Waals surface area (Å²) in [5, 5.41) is 9.89. The van der Waals surface area contributed by atoms with E-state index in [2.05, 4.69) is 228 Å². The minimum Gasteiger partial charge on any atom is -0.310 e. The molecule has 0 fully saturated rings. The molecule has 0 aliphatic rings. The molecule has 0 atom stereocenters. The van der Waals surface area contributed by atoms with Crippen molar-refractivity contribution >= 4 is 71.2 Å². The Balaban J connectivity index is 1.11.